The minimum Gasteiger partial charge on any atom is -0.258 e. The number of pyridine rings is 1. The van der Waals surface area contributed by atoms with Gasteiger partial charge in [-0.2, -0.15) is 0 Å². The van der Waals surface area contributed by atoms with Crippen LogP contribution >= 0.6 is 0 Å². The molecule has 1 heterocycles. The molecule has 0 aliphatic rings. The number of hydrogen-bond acceptors (Lipinski definition) is 3. The van der Waals surface area contributed by atoms with Crippen molar-refractivity contribution in [2.75, 3.05) is 0 Å². The highest BCUT2D eigenvalue weighted by atomic mass is 14.9. The van der Waals surface area contributed by atoms with E-state index in [0.29, 0.717) is 5.82 Å². The Balaban J connectivity index is 3.11. The Labute approximate surface area is 65.5 Å². The summed E-state index contributed by atoms with van der Waals surface area (Å²) in [5.41, 5.74) is 0.755. The van der Waals surface area contributed by atoms with Crippen LogP contribution < -0.4 is 0 Å². The largest absolute Gasteiger partial charge is 0.258 e. The third-order valence-corrected chi connectivity index (χ3v) is 1.18. The lowest BCUT2D eigenvalue weighted by Gasteiger charge is -1.94. The van der Waals surface area contributed by atoms with Gasteiger partial charge in [-0.05, 0) is 25.8 Å². The molecule has 1 aromatic rings. The molecule has 0 atom stereocenters. The first-order chi connectivity index (χ1) is 5.38. The van der Waals surface area contributed by atoms with Gasteiger partial charge < -0.3 is 0 Å². The van der Waals surface area contributed by atoms with Crippen LogP contribution in [0.4, 0.5) is 11.5 Å². The minimum absolute atomic E-state index is 0.575. The SMILES string of the molecule is C=Nc1ncccc1/N=C\C. The van der Waals surface area contributed by atoms with E-state index in [9.17, 15) is 0 Å². The predicted molar refractivity (Wildman–Crippen MR) is 47.3 cm³/mol. The fraction of sp³-hybridized carbons (Fsp3) is 0.125. The Kier molecular flexibility index (Phi) is 2.49. The van der Waals surface area contributed by atoms with Gasteiger partial charge in [-0.1, -0.05) is 0 Å². The van der Waals surface area contributed by atoms with E-state index >= 15 is 0 Å². The summed E-state index contributed by atoms with van der Waals surface area (Å²) >= 11 is 0. The van der Waals surface area contributed by atoms with Gasteiger partial charge in [-0.3, -0.25) is 4.99 Å². The molecule has 0 aromatic carbocycles. The van der Waals surface area contributed by atoms with Crippen molar-refractivity contribution in [1.82, 2.24) is 4.98 Å². The maximum atomic E-state index is 4.06. The molecule has 0 bridgehead atoms. The van der Waals surface area contributed by atoms with Gasteiger partial charge in [0.2, 0.25) is 0 Å². The summed E-state index contributed by atoms with van der Waals surface area (Å²) < 4.78 is 0. The molecule has 0 N–H and O–H groups in total. The van der Waals surface area contributed by atoms with Gasteiger partial charge >= 0.3 is 0 Å². The third kappa shape index (κ3) is 1.70. The van der Waals surface area contributed by atoms with Crippen molar-refractivity contribution < 1.29 is 0 Å². The van der Waals surface area contributed by atoms with E-state index in [1.165, 1.54) is 0 Å². The molecule has 0 saturated carbocycles. The van der Waals surface area contributed by atoms with Crippen molar-refractivity contribution in [1.29, 1.82) is 0 Å². The standard InChI is InChI=1S/C8H9N3/c1-3-10-7-5-4-6-11-8(7)9-2/h3-6H,2H2,1H3/b10-3-. The first kappa shape index (κ1) is 7.60. The highest BCUT2D eigenvalue weighted by Gasteiger charge is 1.95. The second-order valence-corrected chi connectivity index (χ2v) is 1.89. The quantitative estimate of drug-likeness (QED) is 0.590. The van der Waals surface area contributed by atoms with Crippen LogP contribution in [-0.2, 0) is 0 Å². The summed E-state index contributed by atoms with van der Waals surface area (Å²) in [5.74, 6) is 0.575. The molecule has 1 rings (SSSR count). The third-order valence-electron chi connectivity index (χ3n) is 1.18. The zero-order valence-corrected chi connectivity index (χ0v) is 6.36. The van der Waals surface area contributed by atoms with Crippen LogP contribution in [0.15, 0.2) is 28.3 Å². The van der Waals surface area contributed by atoms with Crippen LogP contribution in [0.25, 0.3) is 0 Å². The molecule has 0 radical (unpaired) electrons. The first-order valence-corrected chi connectivity index (χ1v) is 3.29. The molecule has 1 aromatic heterocycles. The fourth-order valence-corrected chi connectivity index (χ4v) is 0.750. The van der Waals surface area contributed by atoms with Crippen molar-refractivity contribution in [3.05, 3.63) is 18.3 Å². The van der Waals surface area contributed by atoms with Crippen LogP contribution in [0.3, 0.4) is 0 Å². The van der Waals surface area contributed by atoms with Crippen LogP contribution in [0.5, 0.6) is 0 Å². The summed E-state index contributed by atoms with van der Waals surface area (Å²) in [4.78, 5) is 11.7. The smallest absolute Gasteiger partial charge is 0.177 e. The predicted octanol–water partition coefficient (Wildman–Crippen LogP) is 2.14. The van der Waals surface area contributed by atoms with Gasteiger partial charge in [0.1, 0.15) is 5.69 Å². The summed E-state index contributed by atoms with van der Waals surface area (Å²) in [6, 6.07) is 3.66. The molecule has 0 fully saturated rings. The van der Waals surface area contributed by atoms with Crippen molar-refractivity contribution >= 4 is 24.4 Å². The van der Waals surface area contributed by atoms with E-state index in [1.54, 1.807) is 12.4 Å². The lowest BCUT2D eigenvalue weighted by Crippen LogP contribution is -1.72. The summed E-state index contributed by atoms with van der Waals surface area (Å²) in [6.45, 7) is 5.23. The Bertz CT molecular complexity index is 278. The topological polar surface area (TPSA) is 37.6 Å². The van der Waals surface area contributed by atoms with Crippen LogP contribution in [0.2, 0.25) is 0 Å². The molecule has 3 heteroatoms. The lowest BCUT2D eigenvalue weighted by molar-refractivity contribution is 1.27. The Morgan fingerprint density at radius 3 is 3.09 bits per heavy atom. The molecule has 0 aliphatic carbocycles. The monoisotopic (exact) mass is 147 g/mol. The highest BCUT2D eigenvalue weighted by molar-refractivity contribution is 5.67. The molecule has 0 spiro atoms. The molecule has 0 aliphatic heterocycles. The van der Waals surface area contributed by atoms with Crippen molar-refractivity contribution in [2.45, 2.75) is 6.92 Å². The fourth-order valence-electron chi connectivity index (χ4n) is 0.750. The average molecular weight is 147 g/mol. The number of hydrogen-bond donors (Lipinski definition) is 0. The maximum Gasteiger partial charge on any atom is 0.177 e. The Morgan fingerprint density at radius 1 is 1.64 bits per heavy atom. The minimum atomic E-state index is 0.575. The summed E-state index contributed by atoms with van der Waals surface area (Å²) in [7, 11) is 0. The lowest BCUT2D eigenvalue weighted by atomic mass is 10.4. The molecule has 11 heavy (non-hydrogen) atoms. The van der Waals surface area contributed by atoms with E-state index in [2.05, 4.69) is 21.7 Å². The van der Waals surface area contributed by atoms with Crippen molar-refractivity contribution in [3.8, 4) is 0 Å². The number of aromatic nitrogens is 1. The zero-order chi connectivity index (χ0) is 8.10. The normalized spacial score (nSPS) is 10.3. The van der Waals surface area contributed by atoms with E-state index in [1.807, 2.05) is 19.1 Å². The van der Waals surface area contributed by atoms with E-state index < -0.39 is 0 Å². The maximum absolute atomic E-state index is 4.06. The van der Waals surface area contributed by atoms with E-state index in [0.717, 1.165) is 5.69 Å². The average Bonchev–Trinajstić information content (AvgIpc) is 2.06. The summed E-state index contributed by atoms with van der Waals surface area (Å²) in [6.07, 6.45) is 3.37. The zero-order valence-electron chi connectivity index (χ0n) is 6.36. The van der Waals surface area contributed by atoms with Crippen molar-refractivity contribution in [2.24, 2.45) is 9.98 Å². The van der Waals surface area contributed by atoms with Gasteiger partial charge in [-0.15, -0.1) is 0 Å². The van der Waals surface area contributed by atoms with Crippen LogP contribution in [0.1, 0.15) is 6.92 Å². The molecule has 3 nitrogen and oxygen atoms in total. The Hall–Kier alpha value is -1.51. The van der Waals surface area contributed by atoms with Gasteiger partial charge in [-0.25, -0.2) is 9.98 Å². The van der Waals surface area contributed by atoms with Gasteiger partial charge in [0.05, 0.1) is 0 Å². The Morgan fingerprint density at radius 2 is 2.45 bits per heavy atom. The summed E-state index contributed by atoms with van der Waals surface area (Å²) in [5, 5.41) is 0. The first-order valence-electron chi connectivity index (χ1n) is 3.29. The second kappa shape index (κ2) is 3.61. The van der Waals surface area contributed by atoms with Crippen molar-refractivity contribution in [3.63, 3.8) is 0 Å². The van der Waals surface area contributed by atoms with Gasteiger partial charge in [0.25, 0.3) is 0 Å². The molecular formula is C8H9N3. The van der Waals surface area contributed by atoms with E-state index in [-0.39, 0.29) is 0 Å². The molecule has 0 saturated heterocycles. The van der Waals surface area contributed by atoms with Crippen LogP contribution in [-0.4, -0.2) is 17.9 Å². The van der Waals surface area contributed by atoms with E-state index in [4.69, 9.17) is 0 Å². The number of aliphatic imine (C=N–C) groups is 2. The molecule has 56 valence electrons. The van der Waals surface area contributed by atoms with Gasteiger partial charge in [0.15, 0.2) is 5.82 Å². The number of nitrogens with zero attached hydrogens (tertiary/aromatic N) is 3. The highest BCUT2D eigenvalue weighted by Crippen LogP contribution is 2.22. The molecule has 0 unspecified atom stereocenters. The van der Waals surface area contributed by atoms with Gasteiger partial charge in [0, 0.05) is 12.4 Å². The molecular weight excluding hydrogens is 138 g/mol. The number of rotatable bonds is 2. The van der Waals surface area contributed by atoms with Crippen LogP contribution in [0, 0.1) is 0 Å². The molecule has 0 amide bonds. The second-order valence-electron chi connectivity index (χ2n) is 1.89.